The number of nitrogens with zero attached hydrogens (tertiary/aromatic N) is 3. The van der Waals surface area contributed by atoms with E-state index >= 15 is 0 Å². The molecule has 0 aliphatic rings. The lowest BCUT2D eigenvalue weighted by Gasteiger charge is -2.09. The van der Waals surface area contributed by atoms with Gasteiger partial charge in [0.15, 0.2) is 5.69 Å². The van der Waals surface area contributed by atoms with Crippen LogP contribution in [0.25, 0.3) is 28.1 Å². The van der Waals surface area contributed by atoms with Crippen molar-refractivity contribution in [1.29, 1.82) is 0 Å². The van der Waals surface area contributed by atoms with Crippen LogP contribution in [0.15, 0.2) is 78.9 Å². The van der Waals surface area contributed by atoms with E-state index in [4.69, 9.17) is 9.47 Å². The molecule has 0 saturated carbocycles. The van der Waals surface area contributed by atoms with Crippen molar-refractivity contribution in [2.24, 2.45) is 0 Å². The summed E-state index contributed by atoms with van der Waals surface area (Å²) in [6.45, 7) is 0. The third-order valence-electron chi connectivity index (χ3n) is 5.23. The van der Waals surface area contributed by atoms with E-state index in [1.165, 1.54) is 31.0 Å². The van der Waals surface area contributed by atoms with Crippen molar-refractivity contribution >= 4 is 17.6 Å². The number of hydrogen-bond donors (Lipinski definition) is 0. The van der Waals surface area contributed by atoms with E-state index in [-0.39, 0.29) is 22.6 Å². The van der Waals surface area contributed by atoms with E-state index in [1.807, 2.05) is 6.07 Å². The highest BCUT2D eigenvalue weighted by Gasteiger charge is 2.32. The zero-order valence-corrected chi connectivity index (χ0v) is 18.3. The van der Waals surface area contributed by atoms with Crippen LogP contribution in [0.1, 0.15) is 20.8 Å². The number of methoxy groups -OCH3 is 2. The number of carbonyl (C=O) groups is 2. The fraction of sp³-hybridized carbons (Fsp3) is 0.0800. The molecule has 0 saturated heterocycles. The number of ether oxygens (including phenoxy) is 2. The monoisotopic (exact) mass is 457 g/mol. The van der Waals surface area contributed by atoms with E-state index in [0.717, 1.165) is 0 Å². The van der Waals surface area contributed by atoms with Crippen molar-refractivity contribution < 1.29 is 24.0 Å². The molecule has 0 fully saturated rings. The lowest BCUT2D eigenvalue weighted by atomic mass is 9.95. The SMILES string of the molecule is COC(=O)c1c(-c2ccccc2-c2ccc([N+](=O)[O-])cc2)nn(-c2ccccc2)c1C(=O)OC. The van der Waals surface area contributed by atoms with Crippen LogP contribution in [0.5, 0.6) is 0 Å². The summed E-state index contributed by atoms with van der Waals surface area (Å²) in [4.78, 5) is 36.3. The van der Waals surface area contributed by atoms with E-state index in [2.05, 4.69) is 5.10 Å². The first-order valence-electron chi connectivity index (χ1n) is 10.2. The molecule has 0 unspecified atom stereocenters. The number of rotatable bonds is 6. The standard InChI is InChI=1S/C25H19N3O6/c1-33-24(29)21-22(26-27(23(21)25(30)34-2)17-8-4-3-5-9-17)20-11-7-6-10-19(20)16-12-14-18(15-13-16)28(31)32/h3-15H,1-2H3. The summed E-state index contributed by atoms with van der Waals surface area (Å²) in [6, 6.07) is 22.0. The van der Waals surface area contributed by atoms with Gasteiger partial charge >= 0.3 is 11.9 Å². The molecule has 4 aromatic rings. The van der Waals surface area contributed by atoms with Crippen LogP contribution in [0.4, 0.5) is 5.69 Å². The topological polar surface area (TPSA) is 114 Å². The van der Waals surface area contributed by atoms with Crippen molar-refractivity contribution in [2.45, 2.75) is 0 Å². The van der Waals surface area contributed by atoms with Crippen LogP contribution < -0.4 is 0 Å². The molecule has 1 aromatic heterocycles. The Morgan fingerprint density at radius 2 is 1.41 bits per heavy atom. The van der Waals surface area contributed by atoms with E-state index in [1.54, 1.807) is 60.7 Å². The van der Waals surface area contributed by atoms with Crippen molar-refractivity contribution in [3.05, 3.63) is 100 Å². The Morgan fingerprint density at radius 1 is 0.824 bits per heavy atom. The number of esters is 2. The van der Waals surface area contributed by atoms with Gasteiger partial charge in [0.1, 0.15) is 11.3 Å². The summed E-state index contributed by atoms with van der Waals surface area (Å²) in [5, 5.41) is 15.7. The molecule has 0 amide bonds. The molecular weight excluding hydrogens is 438 g/mol. The van der Waals surface area contributed by atoms with Crippen LogP contribution in [0.3, 0.4) is 0 Å². The highest BCUT2D eigenvalue weighted by atomic mass is 16.6. The zero-order valence-electron chi connectivity index (χ0n) is 18.3. The van der Waals surface area contributed by atoms with Crippen LogP contribution in [0.2, 0.25) is 0 Å². The van der Waals surface area contributed by atoms with Crippen LogP contribution in [-0.4, -0.2) is 40.9 Å². The maximum atomic E-state index is 12.9. The van der Waals surface area contributed by atoms with Crippen LogP contribution in [0, 0.1) is 10.1 Å². The fourth-order valence-electron chi connectivity index (χ4n) is 3.65. The third-order valence-corrected chi connectivity index (χ3v) is 5.23. The molecule has 0 atom stereocenters. The lowest BCUT2D eigenvalue weighted by molar-refractivity contribution is -0.384. The minimum Gasteiger partial charge on any atom is -0.465 e. The smallest absolute Gasteiger partial charge is 0.357 e. The van der Waals surface area contributed by atoms with Gasteiger partial charge in [0.05, 0.1) is 24.8 Å². The molecule has 34 heavy (non-hydrogen) atoms. The molecule has 9 heteroatoms. The number of hydrogen-bond acceptors (Lipinski definition) is 7. The van der Waals surface area contributed by atoms with Gasteiger partial charge in [-0.15, -0.1) is 0 Å². The highest BCUT2D eigenvalue weighted by Crippen LogP contribution is 2.36. The maximum Gasteiger partial charge on any atom is 0.357 e. The number of nitro benzene ring substituents is 1. The number of non-ortho nitro benzene ring substituents is 1. The van der Waals surface area contributed by atoms with Crippen LogP contribution >= 0.6 is 0 Å². The van der Waals surface area contributed by atoms with Gasteiger partial charge < -0.3 is 9.47 Å². The normalized spacial score (nSPS) is 10.5. The van der Waals surface area contributed by atoms with Gasteiger partial charge in [-0.2, -0.15) is 5.10 Å². The average Bonchev–Trinajstić information content (AvgIpc) is 3.29. The minimum atomic E-state index is -0.754. The molecule has 0 spiro atoms. The second-order valence-electron chi connectivity index (χ2n) is 7.15. The van der Waals surface area contributed by atoms with Gasteiger partial charge in [0.2, 0.25) is 0 Å². The number of benzene rings is 3. The number of nitro groups is 1. The Labute approximate surface area is 194 Å². The summed E-state index contributed by atoms with van der Waals surface area (Å²) in [6.07, 6.45) is 0. The van der Waals surface area contributed by atoms with E-state index in [9.17, 15) is 19.7 Å². The van der Waals surface area contributed by atoms with E-state index in [0.29, 0.717) is 22.4 Å². The Balaban J connectivity index is 2.01. The predicted molar refractivity (Wildman–Crippen MR) is 124 cm³/mol. The van der Waals surface area contributed by atoms with Gasteiger partial charge in [-0.25, -0.2) is 14.3 Å². The Hall–Kier alpha value is -4.79. The summed E-state index contributed by atoms with van der Waals surface area (Å²) in [5.41, 5.74) is 2.47. The first-order chi connectivity index (χ1) is 16.5. The average molecular weight is 457 g/mol. The van der Waals surface area contributed by atoms with E-state index < -0.39 is 16.9 Å². The van der Waals surface area contributed by atoms with Crippen molar-refractivity contribution in [1.82, 2.24) is 9.78 Å². The van der Waals surface area contributed by atoms with Gasteiger partial charge in [0, 0.05) is 17.7 Å². The molecule has 0 aliphatic heterocycles. The van der Waals surface area contributed by atoms with Gasteiger partial charge in [-0.05, 0) is 35.4 Å². The summed E-state index contributed by atoms with van der Waals surface area (Å²) < 4.78 is 11.3. The molecular formula is C25H19N3O6. The summed E-state index contributed by atoms with van der Waals surface area (Å²) in [7, 11) is 2.44. The first-order valence-corrected chi connectivity index (χ1v) is 10.2. The third kappa shape index (κ3) is 4.02. The molecule has 0 N–H and O–H groups in total. The van der Waals surface area contributed by atoms with Crippen LogP contribution in [-0.2, 0) is 9.47 Å². The van der Waals surface area contributed by atoms with Crippen molar-refractivity contribution in [3.8, 4) is 28.1 Å². The predicted octanol–water partition coefficient (Wildman–Crippen LogP) is 4.69. The zero-order chi connectivity index (χ0) is 24.2. The maximum absolute atomic E-state index is 12.9. The van der Waals surface area contributed by atoms with Gasteiger partial charge in [-0.1, -0.05) is 42.5 Å². The fourth-order valence-corrected chi connectivity index (χ4v) is 3.65. The molecule has 0 radical (unpaired) electrons. The number of para-hydroxylation sites is 1. The van der Waals surface area contributed by atoms with Crippen molar-refractivity contribution in [2.75, 3.05) is 14.2 Å². The Kier molecular flexibility index (Phi) is 6.18. The van der Waals surface area contributed by atoms with Gasteiger partial charge in [-0.3, -0.25) is 10.1 Å². The Bertz CT molecular complexity index is 1380. The van der Waals surface area contributed by atoms with Gasteiger partial charge in [0.25, 0.3) is 5.69 Å². The molecule has 0 aliphatic carbocycles. The second-order valence-corrected chi connectivity index (χ2v) is 7.15. The summed E-state index contributed by atoms with van der Waals surface area (Å²) >= 11 is 0. The lowest BCUT2D eigenvalue weighted by Crippen LogP contribution is -2.15. The molecule has 3 aromatic carbocycles. The second kappa shape index (κ2) is 9.37. The minimum absolute atomic E-state index is 0.0437. The number of carbonyl (C=O) groups excluding carboxylic acids is 2. The summed E-state index contributed by atoms with van der Waals surface area (Å²) in [5.74, 6) is -1.51. The largest absolute Gasteiger partial charge is 0.465 e. The Morgan fingerprint density at radius 3 is 2.00 bits per heavy atom. The molecule has 1 heterocycles. The number of aromatic nitrogens is 2. The molecule has 9 nitrogen and oxygen atoms in total. The first kappa shape index (κ1) is 22.4. The quantitative estimate of drug-likeness (QED) is 0.234. The van der Waals surface area contributed by atoms with Crippen molar-refractivity contribution in [3.63, 3.8) is 0 Å². The molecule has 4 rings (SSSR count). The molecule has 0 bridgehead atoms. The molecule has 170 valence electrons. The highest BCUT2D eigenvalue weighted by molar-refractivity contribution is 6.07.